The zero-order valence-corrected chi connectivity index (χ0v) is 10.4. The molecule has 0 saturated heterocycles. The molecule has 0 spiro atoms. The summed E-state index contributed by atoms with van der Waals surface area (Å²) in [5, 5.41) is 3.22. The maximum Gasteiger partial charge on any atom is 0.0778 e. The molecule has 0 aromatic carbocycles. The minimum absolute atomic E-state index is 0.549. The van der Waals surface area contributed by atoms with Crippen molar-refractivity contribution in [1.29, 1.82) is 0 Å². The van der Waals surface area contributed by atoms with Crippen LogP contribution in [-0.2, 0) is 0 Å². The molecule has 0 aliphatic rings. The molecular formula is C11H20BrN. The summed E-state index contributed by atoms with van der Waals surface area (Å²) in [6, 6.07) is 0. The maximum absolute atomic E-state index is 4.01. The Morgan fingerprint density at radius 1 is 1.62 bits per heavy atom. The average Bonchev–Trinajstić information content (AvgIpc) is 2.13. The monoisotopic (exact) mass is 245 g/mol. The predicted octanol–water partition coefficient (Wildman–Crippen LogP) is 4.17. The quantitative estimate of drug-likeness (QED) is 0.693. The zero-order valence-electron chi connectivity index (χ0n) is 8.86. The van der Waals surface area contributed by atoms with Gasteiger partial charge in [-0.1, -0.05) is 39.3 Å². The van der Waals surface area contributed by atoms with Crippen molar-refractivity contribution >= 4 is 15.9 Å². The van der Waals surface area contributed by atoms with Gasteiger partial charge in [-0.15, -0.1) is 0 Å². The number of hydrogen-bond acceptors (Lipinski definition) is 1. The lowest BCUT2D eigenvalue weighted by molar-refractivity contribution is 0.553. The van der Waals surface area contributed by atoms with Crippen LogP contribution in [0.25, 0.3) is 0 Å². The van der Waals surface area contributed by atoms with Gasteiger partial charge in [-0.25, -0.2) is 0 Å². The van der Waals surface area contributed by atoms with Gasteiger partial charge in [0.2, 0.25) is 0 Å². The molecule has 0 bridgehead atoms. The summed E-state index contributed by atoms with van der Waals surface area (Å²) in [6.07, 6.45) is 5.72. The molecule has 1 N–H and O–H groups in total. The van der Waals surface area contributed by atoms with Crippen molar-refractivity contribution in [3.8, 4) is 0 Å². The average molecular weight is 246 g/mol. The van der Waals surface area contributed by atoms with Crippen LogP contribution in [0, 0.1) is 5.92 Å². The van der Waals surface area contributed by atoms with Gasteiger partial charge in [0.05, 0.1) is 4.61 Å². The van der Waals surface area contributed by atoms with Gasteiger partial charge in [-0.2, -0.15) is 0 Å². The van der Waals surface area contributed by atoms with Crippen LogP contribution in [-0.4, -0.2) is 0 Å². The largest absolute Gasteiger partial charge is 0.354 e. The molecule has 0 aromatic heterocycles. The summed E-state index contributed by atoms with van der Waals surface area (Å²) < 4.78 is 1.00. The fraction of sp³-hybridized carbons (Fsp3) is 0.636. The van der Waals surface area contributed by atoms with Crippen molar-refractivity contribution in [2.75, 3.05) is 0 Å². The van der Waals surface area contributed by atoms with Gasteiger partial charge < -0.3 is 5.32 Å². The second kappa shape index (κ2) is 7.19. The standard InChI is InChI=1S/C11H20BrN/c1-5-7-8-9(3)10(4)13-11(12)6-2/h6,9,13H,4-5,7-8H2,1-3H3/b11-6-. The summed E-state index contributed by atoms with van der Waals surface area (Å²) >= 11 is 3.40. The number of rotatable bonds is 6. The van der Waals surface area contributed by atoms with E-state index in [0.29, 0.717) is 5.92 Å². The third-order valence-corrected chi connectivity index (χ3v) is 2.78. The Morgan fingerprint density at radius 3 is 2.69 bits per heavy atom. The van der Waals surface area contributed by atoms with E-state index in [4.69, 9.17) is 0 Å². The smallest absolute Gasteiger partial charge is 0.0778 e. The topological polar surface area (TPSA) is 12.0 Å². The van der Waals surface area contributed by atoms with Crippen molar-refractivity contribution in [2.24, 2.45) is 5.92 Å². The van der Waals surface area contributed by atoms with Crippen LogP contribution >= 0.6 is 15.9 Å². The molecule has 0 heterocycles. The Labute approximate surface area is 90.4 Å². The van der Waals surface area contributed by atoms with E-state index in [2.05, 4.69) is 41.7 Å². The Balaban J connectivity index is 3.82. The van der Waals surface area contributed by atoms with Crippen molar-refractivity contribution in [1.82, 2.24) is 5.32 Å². The molecule has 0 amide bonds. The molecule has 2 heteroatoms. The number of allylic oxidation sites excluding steroid dienone is 2. The molecule has 0 aliphatic carbocycles. The summed E-state index contributed by atoms with van der Waals surface area (Å²) in [4.78, 5) is 0. The first-order chi connectivity index (χ1) is 6.11. The minimum Gasteiger partial charge on any atom is -0.354 e. The Hall–Kier alpha value is -0.240. The fourth-order valence-corrected chi connectivity index (χ4v) is 1.29. The maximum atomic E-state index is 4.01. The van der Waals surface area contributed by atoms with Crippen LogP contribution in [0.4, 0.5) is 0 Å². The van der Waals surface area contributed by atoms with Crippen LogP contribution in [0.15, 0.2) is 23.0 Å². The van der Waals surface area contributed by atoms with E-state index in [0.717, 1.165) is 10.3 Å². The molecule has 0 rings (SSSR count). The Bertz CT molecular complexity index is 185. The normalized spacial score (nSPS) is 14.0. The molecule has 76 valence electrons. The number of hydrogen-bond donors (Lipinski definition) is 1. The minimum atomic E-state index is 0.549. The highest BCUT2D eigenvalue weighted by molar-refractivity contribution is 9.11. The van der Waals surface area contributed by atoms with Crippen LogP contribution in [0.5, 0.6) is 0 Å². The van der Waals surface area contributed by atoms with Crippen LogP contribution < -0.4 is 5.32 Å². The van der Waals surface area contributed by atoms with Crippen molar-refractivity contribution < 1.29 is 0 Å². The Morgan fingerprint density at radius 2 is 2.23 bits per heavy atom. The predicted molar refractivity (Wildman–Crippen MR) is 63.6 cm³/mol. The highest BCUT2D eigenvalue weighted by atomic mass is 79.9. The third kappa shape index (κ3) is 5.92. The number of nitrogens with one attached hydrogen (secondary N) is 1. The van der Waals surface area contributed by atoms with Crippen LogP contribution in [0.2, 0.25) is 0 Å². The lowest BCUT2D eigenvalue weighted by Crippen LogP contribution is -2.14. The molecule has 1 nitrogen and oxygen atoms in total. The molecule has 0 saturated carbocycles. The molecule has 0 aliphatic heterocycles. The van der Waals surface area contributed by atoms with E-state index in [1.165, 1.54) is 19.3 Å². The first-order valence-electron chi connectivity index (χ1n) is 4.89. The van der Waals surface area contributed by atoms with E-state index >= 15 is 0 Å². The first-order valence-corrected chi connectivity index (χ1v) is 5.68. The summed E-state index contributed by atoms with van der Waals surface area (Å²) in [5.41, 5.74) is 1.10. The van der Waals surface area contributed by atoms with Crippen molar-refractivity contribution in [2.45, 2.75) is 40.0 Å². The van der Waals surface area contributed by atoms with Crippen LogP contribution in [0.1, 0.15) is 40.0 Å². The number of halogens is 1. The highest BCUT2D eigenvalue weighted by Crippen LogP contribution is 2.16. The van der Waals surface area contributed by atoms with Gasteiger partial charge in [0.15, 0.2) is 0 Å². The molecule has 1 atom stereocenters. The van der Waals surface area contributed by atoms with E-state index in [1.54, 1.807) is 0 Å². The summed E-state index contributed by atoms with van der Waals surface area (Å²) in [5.74, 6) is 0.549. The SMILES string of the molecule is C=C(N/C(Br)=C\C)C(C)CCCC. The van der Waals surface area contributed by atoms with E-state index in [9.17, 15) is 0 Å². The second-order valence-electron chi connectivity index (χ2n) is 3.33. The van der Waals surface area contributed by atoms with Crippen LogP contribution in [0.3, 0.4) is 0 Å². The molecule has 0 fully saturated rings. The van der Waals surface area contributed by atoms with Gasteiger partial charge in [0.1, 0.15) is 0 Å². The van der Waals surface area contributed by atoms with Crippen molar-refractivity contribution in [3.05, 3.63) is 23.0 Å². The van der Waals surface area contributed by atoms with Gasteiger partial charge in [-0.3, -0.25) is 0 Å². The lowest BCUT2D eigenvalue weighted by atomic mass is 10.0. The van der Waals surface area contributed by atoms with E-state index in [1.807, 2.05) is 13.0 Å². The zero-order chi connectivity index (χ0) is 10.3. The fourth-order valence-electron chi connectivity index (χ4n) is 1.03. The Kier molecular flexibility index (Phi) is 7.06. The lowest BCUT2D eigenvalue weighted by Gasteiger charge is -2.15. The summed E-state index contributed by atoms with van der Waals surface area (Å²) in [7, 11) is 0. The van der Waals surface area contributed by atoms with E-state index < -0.39 is 0 Å². The first kappa shape index (κ1) is 12.8. The number of unbranched alkanes of at least 4 members (excludes halogenated alkanes) is 1. The van der Waals surface area contributed by atoms with Crippen molar-refractivity contribution in [3.63, 3.8) is 0 Å². The van der Waals surface area contributed by atoms with Gasteiger partial charge in [-0.05, 0) is 35.2 Å². The third-order valence-electron chi connectivity index (χ3n) is 2.12. The van der Waals surface area contributed by atoms with Gasteiger partial charge in [0.25, 0.3) is 0 Å². The molecule has 1 unspecified atom stereocenters. The molecule has 0 radical (unpaired) electrons. The molecular weight excluding hydrogens is 226 g/mol. The van der Waals surface area contributed by atoms with Gasteiger partial charge >= 0.3 is 0 Å². The molecule has 0 aromatic rings. The highest BCUT2D eigenvalue weighted by Gasteiger charge is 2.05. The van der Waals surface area contributed by atoms with E-state index in [-0.39, 0.29) is 0 Å². The summed E-state index contributed by atoms with van der Waals surface area (Å²) in [6.45, 7) is 10.4. The molecule has 13 heavy (non-hydrogen) atoms. The second-order valence-corrected chi connectivity index (χ2v) is 4.18. The van der Waals surface area contributed by atoms with Gasteiger partial charge in [0, 0.05) is 5.70 Å².